The quantitative estimate of drug-likeness (QED) is 0.642. The van der Waals surface area contributed by atoms with Crippen LogP contribution in [0, 0.1) is 20.8 Å². The molecule has 0 saturated carbocycles. The summed E-state index contributed by atoms with van der Waals surface area (Å²) in [4.78, 5) is 15.9. The van der Waals surface area contributed by atoms with E-state index in [0.717, 1.165) is 53.5 Å². The summed E-state index contributed by atoms with van der Waals surface area (Å²) in [6.45, 7) is 15.5. The molecule has 0 radical (unpaired) electrons. The van der Waals surface area contributed by atoms with E-state index in [1.165, 1.54) is 0 Å². The molecule has 0 bridgehead atoms. The molecule has 0 aliphatic carbocycles. The lowest BCUT2D eigenvalue weighted by Gasteiger charge is -2.34. The van der Waals surface area contributed by atoms with E-state index in [4.69, 9.17) is 4.74 Å². The first-order valence-electron chi connectivity index (χ1n) is 8.15. The van der Waals surface area contributed by atoms with Crippen molar-refractivity contribution in [1.82, 2.24) is 5.32 Å². The SMILES string of the molecule is Cc1c(S)c(C)c(N2CCNCC2)c(C)c1C(=O)OC(C)(C)C. The van der Waals surface area contributed by atoms with E-state index >= 15 is 0 Å². The van der Waals surface area contributed by atoms with Crippen LogP contribution in [0.3, 0.4) is 0 Å². The van der Waals surface area contributed by atoms with Gasteiger partial charge in [-0.25, -0.2) is 4.79 Å². The van der Waals surface area contributed by atoms with Crippen LogP contribution in [-0.4, -0.2) is 37.7 Å². The van der Waals surface area contributed by atoms with Crippen LogP contribution in [0.2, 0.25) is 0 Å². The van der Waals surface area contributed by atoms with Crippen molar-refractivity contribution in [2.75, 3.05) is 31.1 Å². The molecule has 23 heavy (non-hydrogen) atoms. The number of esters is 1. The highest BCUT2D eigenvalue weighted by atomic mass is 32.1. The Morgan fingerprint density at radius 2 is 1.65 bits per heavy atom. The fourth-order valence-electron chi connectivity index (χ4n) is 3.19. The maximum absolute atomic E-state index is 12.7. The second-order valence-corrected chi connectivity index (χ2v) is 7.63. The van der Waals surface area contributed by atoms with Crippen molar-refractivity contribution in [3.8, 4) is 0 Å². The Labute approximate surface area is 145 Å². The van der Waals surface area contributed by atoms with Gasteiger partial charge in [0.25, 0.3) is 0 Å². The second kappa shape index (κ2) is 6.73. The van der Waals surface area contributed by atoms with Gasteiger partial charge < -0.3 is 15.0 Å². The average molecular weight is 337 g/mol. The Kier molecular flexibility index (Phi) is 5.31. The number of benzene rings is 1. The molecular weight excluding hydrogens is 308 g/mol. The number of nitrogens with one attached hydrogen (secondary N) is 1. The zero-order valence-electron chi connectivity index (χ0n) is 15.0. The van der Waals surface area contributed by atoms with Crippen molar-refractivity contribution in [2.24, 2.45) is 0 Å². The average Bonchev–Trinajstić information content (AvgIpc) is 2.44. The van der Waals surface area contributed by atoms with E-state index in [2.05, 4.69) is 29.8 Å². The van der Waals surface area contributed by atoms with Crippen molar-refractivity contribution in [2.45, 2.75) is 52.0 Å². The number of thiol groups is 1. The smallest absolute Gasteiger partial charge is 0.339 e. The summed E-state index contributed by atoms with van der Waals surface area (Å²) in [6.07, 6.45) is 0. The number of piperazine rings is 1. The highest BCUT2D eigenvalue weighted by Crippen LogP contribution is 2.36. The molecule has 4 nitrogen and oxygen atoms in total. The van der Waals surface area contributed by atoms with Gasteiger partial charge in [-0.05, 0) is 58.2 Å². The molecular formula is C18H28N2O2S. The van der Waals surface area contributed by atoms with Crippen LogP contribution in [0.5, 0.6) is 0 Å². The zero-order valence-corrected chi connectivity index (χ0v) is 15.9. The summed E-state index contributed by atoms with van der Waals surface area (Å²) >= 11 is 4.67. The fourth-order valence-corrected chi connectivity index (χ4v) is 3.41. The standard InChI is InChI=1S/C18H28N2O2S/c1-11-14(17(21)22-18(4,5)6)12(2)16(23)13(3)15(11)20-9-7-19-8-10-20/h19,23H,7-10H2,1-6H3. The molecule has 1 saturated heterocycles. The van der Waals surface area contributed by atoms with Gasteiger partial charge in [0.15, 0.2) is 0 Å². The summed E-state index contributed by atoms with van der Waals surface area (Å²) < 4.78 is 5.62. The van der Waals surface area contributed by atoms with Gasteiger partial charge in [0.2, 0.25) is 0 Å². The molecule has 1 aliphatic rings. The Morgan fingerprint density at radius 3 is 2.17 bits per heavy atom. The van der Waals surface area contributed by atoms with Gasteiger partial charge in [-0.1, -0.05) is 0 Å². The molecule has 0 amide bonds. The number of ether oxygens (including phenoxy) is 1. The third-order valence-electron chi connectivity index (χ3n) is 4.21. The molecule has 5 heteroatoms. The van der Waals surface area contributed by atoms with Gasteiger partial charge >= 0.3 is 5.97 Å². The lowest BCUT2D eigenvalue weighted by Crippen LogP contribution is -2.44. The molecule has 0 spiro atoms. The van der Waals surface area contributed by atoms with Crippen LogP contribution in [0.25, 0.3) is 0 Å². The number of nitrogens with zero attached hydrogens (tertiary/aromatic N) is 1. The molecule has 2 rings (SSSR count). The minimum atomic E-state index is -0.507. The molecule has 1 aromatic carbocycles. The van der Waals surface area contributed by atoms with Gasteiger partial charge in [-0.2, -0.15) is 0 Å². The first-order valence-corrected chi connectivity index (χ1v) is 8.60. The molecule has 128 valence electrons. The molecule has 1 N–H and O–H groups in total. The summed E-state index contributed by atoms with van der Waals surface area (Å²) in [5, 5.41) is 3.37. The summed E-state index contributed by atoms with van der Waals surface area (Å²) in [5.41, 5.74) is 4.31. The van der Waals surface area contributed by atoms with E-state index in [0.29, 0.717) is 5.56 Å². The highest BCUT2D eigenvalue weighted by molar-refractivity contribution is 7.80. The summed E-state index contributed by atoms with van der Waals surface area (Å²) in [5.74, 6) is -0.265. The number of anilines is 1. The molecule has 1 aromatic rings. The van der Waals surface area contributed by atoms with Gasteiger partial charge in [-0.3, -0.25) is 0 Å². The number of carbonyl (C=O) groups is 1. The van der Waals surface area contributed by atoms with Crippen molar-refractivity contribution < 1.29 is 9.53 Å². The lowest BCUT2D eigenvalue weighted by molar-refractivity contribution is 0.00677. The third kappa shape index (κ3) is 3.83. The first kappa shape index (κ1) is 18.1. The van der Waals surface area contributed by atoms with Crippen molar-refractivity contribution in [1.29, 1.82) is 0 Å². The molecule has 0 unspecified atom stereocenters. The van der Waals surface area contributed by atoms with Gasteiger partial charge in [0.05, 0.1) is 5.56 Å². The predicted octanol–water partition coefficient (Wildman–Crippen LogP) is 3.27. The van der Waals surface area contributed by atoms with Crippen LogP contribution in [0.1, 0.15) is 47.8 Å². The van der Waals surface area contributed by atoms with E-state index in [-0.39, 0.29) is 5.97 Å². The largest absolute Gasteiger partial charge is 0.456 e. The Morgan fingerprint density at radius 1 is 1.09 bits per heavy atom. The van der Waals surface area contributed by atoms with Crippen LogP contribution in [0.4, 0.5) is 5.69 Å². The number of hydrogen-bond donors (Lipinski definition) is 2. The monoisotopic (exact) mass is 336 g/mol. The van der Waals surface area contributed by atoms with E-state index in [9.17, 15) is 4.79 Å². The van der Waals surface area contributed by atoms with Gasteiger partial charge in [-0.15, -0.1) is 12.6 Å². The Bertz CT molecular complexity index is 615. The summed E-state index contributed by atoms with van der Waals surface area (Å²) in [7, 11) is 0. The zero-order chi connectivity index (χ0) is 17.4. The maximum atomic E-state index is 12.7. The van der Waals surface area contributed by atoms with Crippen LogP contribution in [-0.2, 0) is 4.74 Å². The Balaban J connectivity index is 2.54. The topological polar surface area (TPSA) is 41.6 Å². The van der Waals surface area contributed by atoms with Crippen LogP contribution in [0.15, 0.2) is 4.90 Å². The normalized spacial score (nSPS) is 15.7. The molecule has 1 aliphatic heterocycles. The van der Waals surface area contributed by atoms with E-state index in [1.807, 2.05) is 34.6 Å². The predicted molar refractivity (Wildman–Crippen MR) is 98.2 cm³/mol. The lowest BCUT2D eigenvalue weighted by atomic mass is 9.95. The second-order valence-electron chi connectivity index (χ2n) is 7.19. The highest BCUT2D eigenvalue weighted by Gasteiger charge is 2.27. The van der Waals surface area contributed by atoms with Crippen molar-refractivity contribution >= 4 is 24.3 Å². The third-order valence-corrected chi connectivity index (χ3v) is 4.88. The molecule has 1 fully saturated rings. The summed E-state index contributed by atoms with van der Waals surface area (Å²) in [6, 6.07) is 0. The van der Waals surface area contributed by atoms with Crippen LogP contribution < -0.4 is 10.2 Å². The maximum Gasteiger partial charge on any atom is 0.339 e. The minimum Gasteiger partial charge on any atom is -0.456 e. The fraction of sp³-hybridized carbons (Fsp3) is 0.611. The van der Waals surface area contributed by atoms with Gasteiger partial charge in [0, 0.05) is 36.8 Å². The molecule has 0 aromatic heterocycles. The van der Waals surface area contributed by atoms with E-state index in [1.54, 1.807) is 0 Å². The van der Waals surface area contributed by atoms with Crippen molar-refractivity contribution in [3.05, 3.63) is 22.3 Å². The number of hydrogen-bond acceptors (Lipinski definition) is 5. The van der Waals surface area contributed by atoms with Crippen LogP contribution >= 0.6 is 12.6 Å². The number of carbonyl (C=O) groups excluding carboxylic acids is 1. The number of rotatable bonds is 2. The Hall–Kier alpha value is -1.20. The van der Waals surface area contributed by atoms with Crippen molar-refractivity contribution in [3.63, 3.8) is 0 Å². The van der Waals surface area contributed by atoms with E-state index < -0.39 is 5.60 Å². The van der Waals surface area contributed by atoms with Gasteiger partial charge in [0.1, 0.15) is 5.60 Å². The first-order chi connectivity index (χ1) is 10.6. The molecule has 0 atom stereocenters. The molecule has 1 heterocycles. The minimum absolute atomic E-state index is 0.265.